The first kappa shape index (κ1) is 15.8. The molecule has 0 aliphatic rings. The van der Waals surface area contributed by atoms with E-state index in [4.69, 9.17) is 0 Å². The number of amides is 1. The summed E-state index contributed by atoms with van der Waals surface area (Å²) in [4.78, 5) is 19.7. The molecule has 6 heteroatoms. The molecule has 2 rings (SSSR count). The zero-order valence-corrected chi connectivity index (χ0v) is 13.1. The fourth-order valence-electron chi connectivity index (χ4n) is 1.83. The molecule has 116 valence electrons. The highest BCUT2D eigenvalue weighted by atomic mass is 16.1. The van der Waals surface area contributed by atoms with Crippen molar-refractivity contribution in [3.8, 4) is 0 Å². The van der Waals surface area contributed by atoms with E-state index < -0.39 is 0 Å². The number of nitrogens with one attached hydrogen (secondary N) is 3. The van der Waals surface area contributed by atoms with E-state index in [-0.39, 0.29) is 5.91 Å². The van der Waals surface area contributed by atoms with Crippen LogP contribution in [0.3, 0.4) is 0 Å². The third-order valence-corrected chi connectivity index (χ3v) is 2.79. The minimum atomic E-state index is -0.103. The van der Waals surface area contributed by atoms with Crippen molar-refractivity contribution in [1.82, 2.24) is 9.97 Å². The molecule has 1 heterocycles. The molecule has 3 N–H and O–H groups in total. The highest BCUT2D eigenvalue weighted by Gasteiger charge is 2.02. The quantitative estimate of drug-likeness (QED) is 0.763. The molecular weight excluding hydrogens is 278 g/mol. The number of carbonyl (C=O) groups excluding carboxylic acids is 1. The van der Waals surface area contributed by atoms with Gasteiger partial charge in [-0.2, -0.15) is 4.98 Å². The second-order valence-corrected chi connectivity index (χ2v) is 5.43. The van der Waals surface area contributed by atoms with Crippen LogP contribution in [0.2, 0.25) is 0 Å². The molecule has 0 saturated carbocycles. The Balaban J connectivity index is 2.07. The van der Waals surface area contributed by atoms with Crippen LogP contribution in [0, 0.1) is 5.92 Å². The van der Waals surface area contributed by atoms with Crippen LogP contribution >= 0.6 is 0 Å². The third-order valence-electron chi connectivity index (χ3n) is 2.79. The molecule has 0 unspecified atom stereocenters. The fourth-order valence-corrected chi connectivity index (χ4v) is 1.83. The van der Waals surface area contributed by atoms with Gasteiger partial charge in [-0.3, -0.25) is 4.79 Å². The van der Waals surface area contributed by atoms with Crippen LogP contribution in [0.4, 0.5) is 23.1 Å². The van der Waals surface area contributed by atoms with Gasteiger partial charge in [0.15, 0.2) is 0 Å². The van der Waals surface area contributed by atoms with E-state index in [0.717, 1.165) is 23.7 Å². The summed E-state index contributed by atoms with van der Waals surface area (Å²) in [7, 11) is 0. The van der Waals surface area contributed by atoms with Gasteiger partial charge in [-0.1, -0.05) is 19.9 Å². The van der Waals surface area contributed by atoms with Crippen molar-refractivity contribution in [2.75, 3.05) is 22.5 Å². The third kappa shape index (κ3) is 5.05. The Hall–Kier alpha value is -2.63. The maximum Gasteiger partial charge on any atom is 0.229 e. The molecule has 0 spiro atoms. The Kier molecular flexibility index (Phi) is 5.30. The second-order valence-electron chi connectivity index (χ2n) is 5.43. The lowest BCUT2D eigenvalue weighted by Crippen LogP contribution is -2.10. The van der Waals surface area contributed by atoms with Crippen molar-refractivity contribution < 1.29 is 4.79 Å². The molecule has 6 nitrogen and oxygen atoms in total. The molecule has 0 aliphatic carbocycles. The summed E-state index contributed by atoms with van der Waals surface area (Å²) in [6, 6.07) is 9.24. The van der Waals surface area contributed by atoms with Crippen LogP contribution in [0.25, 0.3) is 0 Å². The standard InChI is InChI=1S/C16H21N5O/c1-11(2)10-18-15-7-8-17-16(21-15)20-14-6-4-5-13(9-14)19-12(3)22/h4-9,11H,10H2,1-3H3,(H,19,22)(H2,17,18,20,21). The first-order chi connectivity index (χ1) is 10.5. The van der Waals surface area contributed by atoms with Gasteiger partial charge in [0.2, 0.25) is 11.9 Å². The van der Waals surface area contributed by atoms with Crippen LogP contribution in [0.5, 0.6) is 0 Å². The van der Waals surface area contributed by atoms with Crippen molar-refractivity contribution in [3.05, 3.63) is 36.5 Å². The zero-order chi connectivity index (χ0) is 15.9. The number of hydrogen-bond donors (Lipinski definition) is 3. The summed E-state index contributed by atoms with van der Waals surface area (Å²) in [6.45, 7) is 6.61. The Morgan fingerprint density at radius 2 is 2.00 bits per heavy atom. The summed E-state index contributed by atoms with van der Waals surface area (Å²) in [5.41, 5.74) is 1.54. The van der Waals surface area contributed by atoms with Gasteiger partial charge in [0.05, 0.1) is 0 Å². The SMILES string of the molecule is CC(=O)Nc1cccc(Nc2nccc(NCC(C)C)n2)c1. The lowest BCUT2D eigenvalue weighted by Gasteiger charge is -2.10. The number of aromatic nitrogens is 2. The molecule has 0 bridgehead atoms. The van der Waals surface area contributed by atoms with E-state index >= 15 is 0 Å². The maximum atomic E-state index is 11.1. The summed E-state index contributed by atoms with van der Waals surface area (Å²) in [5, 5.41) is 9.13. The van der Waals surface area contributed by atoms with Gasteiger partial charge in [0.1, 0.15) is 5.82 Å². The molecular formula is C16H21N5O. The summed E-state index contributed by atoms with van der Waals surface area (Å²) < 4.78 is 0. The number of benzene rings is 1. The number of nitrogens with zero attached hydrogens (tertiary/aromatic N) is 2. The smallest absolute Gasteiger partial charge is 0.229 e. The highest BCUT2D eigenvalue weighted by molar-refractivity contribution is 5.89. The van der Waals surface area contributed by atoms with Crippen LogP contribution in [-0.4, -0.2) is 22.4 Å². The predicted molar refractivity (Wildman–Crippen MR) is 89.4 cm³/mol. The minimum Gasteiger partial charge on any atom is -0.370 e. The van der Waals surface area contributed by atoms with E-state index in [1.807, 2.05) is 30.3 Å². The van der Waals surface area contributed by atoms with E-state index in [1.165, 1.54) is 6.92 Å². The average Bonchev–Trinajstić information content (AvgIpc) is 2.45. The van der Waals surface area contributed by atoms with Gasteiger partial charge in [-0.15, -0.1) is 0 Å². The summed E-state index contributed by atoms with van der Waals surface area (Å²) >= 11 is 0. The lowest BCUT2D eigenvalue weighted by atomic mass is 10.2. The maximum absolute atomic E-state index is 11.1. The van der Waals surface area contributed by atoms with E-state index in [2.05, 4.69) is 39.8 Å². The predicted octanol–water partition coefficient (Wildman–Crippen LogP) is 3.25. The molecule has 1 amide bonds. The highest BCUT2D eigenvalue weighted by Crippen LogP contribution is 2.18. The summed E-state index contributed by atoms with van der Waals surface area (Å²) in [6.07, 6.45) is 1.70. The van der Waals surface area contributed by atoms with Crippen LogP contribution in [0.15, 0.2) is 36.5 Å². The van der Waals surface area contributed by atoms with Crippen molar-refractivity contribution in [2.24, 2.45) is 5.92 Å². The van der Waals surface area contributed by atoms with Crippen LogP contribution in [0.1, 0.15) is 20.8 Å². The number of rotatable bonds is 6. The Morgan fingerprint density at radius 3 is 2.73 bits per heavy atom. The van der Waals surface area contributed by atoms with Crippen LogP contribution < -0.4 is 16.0 Å². The Morgan fingerprint density at radius 1 is 1.23 bits per heavy atom. The molecule has 0 fully saturated rings. The fraction of sp³-hybridized carbons (Fsp3) is 0.312. The normalized spacial score (nSPS) is 10.4. The van der Waals surface area contributed by atoms with Gasteiger partial charge < -0.3 is 16.0 Å². The Bertz CT molecular complexity index is 642. The molecule has 0 aliphatic heterocycles. The van der Waals surface area contributed by atoms with Gasteiger partial charge >= 0.3 is 0 Å². The molecule has 0 atom stereocenters. The van der Waals surface area contributed by atoms with Gasteiger partial charge in [0, 0.05) is 31.0 Å². The first-order valence-electron chi connectivity index (χ1n) is 7.24. The van der Waals surface area contributed by atoms with Gasteiger partial charge in [0.25, 0.3) is 0 Å². The van der Waals surface area contributed by atoms with Crippen molar-refractivity contribution in [1.29, 1.82) is 0 Å². The molecule has 1 aromatic heterocycles. The van der Waals surface area contributed by atoms with Gasteiger partial charge in [-0.05, 0) is 30.2 Å². The largest absolute Gasteiger partial charge is 0.370 e. The summed E-state index contributed by atoms with van der Waals surface area (Å²) in [5.74, 6) is 1.73. The topological polar surface area (TPSA) is 78.9 Å². The van der Waals surface area contributed by atoms with E-state index in [9.17, 15) is 4.79 Å². The minimum absolute atomic E-state index is 0.103. The molecule has 0 radical (unpaired) electrons. The number of hydrogen-bond acceptors (Lipinski definition) is 5. The number of anilines is 4. The molecule has 2 aromatic rings. The molecule has 1 aromatic carbocycles. The number of carbonyl (C=O) groups is 1. The Labute approximate surface area is 130 Å². The van der Waals surface area contributed by atoms with Gasteiger partial charge in [-0.25, -0.2) is 4.98 Å². The monoisotopic (exact) mass is 299 g/mol. The van der Waals surface area contributed by atoms with E-state index in [1.54, 1.807) is 6.20 Å². The lowest BCUT2D eigenvalue weighted by molar-refractivity contribution is -0.114. The van der Waals surface area contributed by atoms with Crippen molar-refractivity contribution >= 4 is 29.0 Å². The van der Waals surface area contributed by atoms with Crippen molar-refractivity contribution in [2.45, 2.75) is 20.8 Å². The van der Waals surface area contributed by atoms with Crippen molar-refractivity contribution in [3.63, 3.8) is 0 Å². The van der Waals surface area contributed by atoms with Crippen LogP contribution in [-0.2, 0) is 4.79 Å². The van der Waals surface area contributed by atoms with E-state index in [0.29, 0.717) is 11.9 Å². The average molecular weight is 299 g/mol. The molecule has 22 heavy (non-hydrogen) atoms. The molecule has 0 saturated heterocycles. The second kappa shape index (κ2) is 7.40. The zero-order valence-electron chi connectivity index (χ0n) is 13.1. The first-order valence-corrected chi connectivity index (χ1v) is 7.24.